The summed E-state index contributed by atoms with van der Waals surface area (Å²) < 4.78 is 5.59. The van der Waals surface area contributed by atoms with Crippen molar-refractivity contribution < 1.29 is 9.53 Å². The van der Waals surface area contributed by atoms with Gasteiger partial charge in [-0.15, -0.1) is 0 Å². The number of nitrogens with zero attached hydrogens (tertiary/aromatic N) is 3. The van der Waals surface area contributed by atoms with Crippen LogP contribution in [0.4, 0.5) is 11.6 Å². The first-order valence-electron chi connectivity index (χ1n) is 8.70. The molecule has 1 saturated heterocycles. The fraction of sp³-hybridized carbons (Fsp3) is 0.421. The third kappa shape index (κ3) is 4.92. The topological polar surface area (TPSA) is 67.3 Å². The highest BCUT2D eigenvalue weighted by Crippen LogP contribution is 2.19. The van der Waals surface area contributed by atoms with Gasteiger partial charge in [0.15, 0.2) is 6.61 Å². The molecule has 132 valence electrons. The molecule has 1 fully saturated rings. The quantitative estimate of drug-likeness (QED) is 0.906. The average Bonchev–Trinajstić information content (AvgIpc) is 2.62. The van der Waals surface area contributed by atoms with Gasteiger partial charge in [0, 0.05) is 30.5 Å². The van der Waals surface area contributed by atoms with Crippen molar-refractivity contribution in [2.45, 2.75) is 33.1 Å². The van der Waals surface area contributed by atoms with Gasteiger partial charge in [-0.05, 0) is 45.2 Å². The van der Waals surface area contributed by atoms with E-state index < -0.39 is 0 Å². The second kappa shape index (κ2) is 7.96. The van der Waals surface area contributed by atoms with Crippen molar-refractivity contribution in [3.05, 3.63) is 41.6 Å². The predicted octanol–water partition coefficient (Wildman–Crippen LogP) is 3.10. The van der Waals surface area contributed by atoms with Gasteiger partial charge in [0.2, 0.25) is 11.8 Å². The van der Waals surface area contributed by atoms with E-state index >= 15 is 0 Å². The first-order chi connectivity index (χ1) is 12.1. The number of hydrogen-bond donors (Lipinski definition) is 1. The van der Waals surface area contributed by atoms with Gasteiger partial charge in [0.25, 0.3) is 5.91 Å². The molecule has 6 nitrogen and oxygen atoms in total. The smallest absolute Gasteiger partial charge is 0.262 e. The van der Waals surface area contributed by atoms with Gasteiger partial charge < -0.3 is 15.0 Å². The lowest BCUT2D eigenvalue weighted by Crippen LogP contribution is -2.31. The maximum atomic E-state index is 12.1. The van der Waals surface area contributed by atoms with Crippen LogP contribution in [0.15, 0.2) is 30.3 Å². The Morgan fingerprint density at radius 1 is 1.12 bits per heavy atom. The number of carbonyl (C=O) groups excluding carboxylic acids is 1. The molecule has 2 aromatic rings. The summed E-state index contributed by atoms with van der Waals surface area (Å²) in [5, 5.41) is 2.81. The minimum Gasteiger partial charge on any atom is -0.467 e. The first kappa shape index (κ1) is 17.2. The summed E-state index contributed by atoms with van der Waals surface area (Å²) in [6, 6.07) is 9.41. The van der Waals surface area contributed by atoms with Crippen molar-refractivity contribution in [2.24, 2.45) is 0 Å². The molecular formula is C19H24N4O2. The van der Waals surface area contributed by atoms with E-state index in [1.807, 2.05) is 38.1 Å². The average molecular weight is 340 g/mol. The molecule has 3 rings (SSSR count). The van der Waals surface area contributed by atoms with Crippen LogP contribution in [0.25, 0.3) is 0 Å². The zero-order chi connectivity index (χ0) is 17.6. The first-order valence-corrected chi connectivity index (χ1v) is 8.70. The van der Waals surface area contributed by atoms with E-state index in [2.05, 4.69) is 20.2 Å². The Balaban J connectivity index is 1.59. The summed E-state index contributed by atoms with van der Waals surface area (Å²) in [5.41, 5.74) is 2.74. The van der Waals surface area contributed by atoms with Crippen molar-refractivity contribution in [3.8, 4) is 5.88 Å². The fourth-order valence-electron chi connectivity index (χ4n) is 2.81. The van der Waals surface area contributed by atoms with Crippen molar-refractivity contribution in [3.63, 3.8) is 0 Å². The summed E-state index contributed by atoms with van der Waals surface area (Å²) >= 11 is 0. The molecule has 0 atom stereocenters. The highest BCUT2D eigenvalue weighted by atomic mass is 16.5. The largest absolute Gasteiger partial charge is 0.467 e. The zero-order valence-corrected chi connectivity index (χ0v) is 14.8. The van der Waals surface area contributed by atoms with Crippen LogP contribution in [0, 0.1) is 13.8 Å². The van der Waals surface area contributed by atoms with Gasteiger partial charge in [-0.2, -0.15) is 4.98 Å². The molecule has 0 aliphatic carbocycles. The summed E-state index contributed by atoms with van der Waals surface area (Å²) in [6.07, 6.45) is 3.57. The minimum atomic E-state index is -0.209. The van der Waals surface area contributed by atoms with Crippen molar-refractivity contribution in [1.29, 1.82) is 0 Å². The van der Waals surface area contributed by atoms with E-state index in [1.54, 1.807) is 6.07 Å². The van der Waals surface area contributed by atoms with E-state index in [1.165, 1.54) is 6.42 Å². The maximum absolute atomic E-state index is 12.1. The molecule has 25 heavy (non-hydrogen) atoms. The highest BCUT2D eigenvalue weighted by Gasteiger charge is 2.15. The summed E-state index contributed by atoms with van der Waals surface area (Å²) in [7, 11) is 0. The number of amides is 1. The zero-order valence-electron chi connectivity index (χ0n) is 14.8. The number of hydrogen-bond acceptors (Lipinski definition) is 5. The second-order valence-corrected chi connectivity index (χ2v) is 6.40. The Bertz CT molecular complexity index is 725. The minimum absolute atomic E-state index is 0.0796. The number of aryl methyl sites for hydroxylation is 2. The van der Waals surface area contributed by atoms with E-state index in [0.29, 0.717) is 11.8 Å². The number of ether oxygens (including phenoxy) is 1. The SMILES string of the molecule is Cc1ccc(NC(=O)COc2cc(C)nc(N3CCCCC3)n2)cc1. The van der Waals surface area contributed by atoms with E-state index in [4.69, 9.17) is 4.74 Å². The molecule has 1 N–H and O–H groups in total. The molecule has 6 heteroatoms. The van der Waals surface area contributed by atoms with Gasteiger partial charge in [0.1, 0.15) is 0 Å². The Morgan fingerprint density at radius 3 is 2.56 bits per heavy atom. The van der Waals surface area contributed by atoms with Crippen molar-refractivity contribution >= 4 is 17.5 Å². The molecule has 0 spiro atoms. The lowest BCUT2D eigenvalue weighted by molar-refractivity contribution is -0.118. The van der Waals surface area contributed by atoms with Crippen molar-refractivity contribution in [2.75, 3.05) is 29.9 Å². The highest BCUT2D eigenvalue weighted by molar-refractivity contribution is 5.91. The fourth-order valence-corrected chi connectivity index (χ4v) is 2.81. The number of nitrogens with one attached hydrogen (secondary N) is 1. The molecule has 1 aromatic carbocycles. The van der Waals surface area contributed by atoms with Crippen LogP contribution in [0.5, 0.6) is 5.88 Å². The Kier molecular flexibility index (Phi) is 5.48. The molecule has 0 unspecified atom stereocenters. The lowest BCUT2D eigenvalue weighted by Gasteiger charge is -2.26. The molecule has 1 amide bonds. The van der Waals surface area contributed by atoms with Gasteiger partial charge in [0.05, 0.1) is 0 Å². The molecule has 0 radical (unpaired) electrons. The van der Waals surface area contributed by atoms with Crippen LogP contribution in [0.3, 0.4) is 0 Å². The third-order valence-electron chi connectivity index (χ3n) is 4.14. The van der Waals surface area contributed by atoms with Crippen LogP contribution >= 0.6 is 0 Å². The number of carbonyl (C=O) groups is 1. The van der Waals surface area contributed by atoms with E-state index in [0.717, 1.165) is 42.9 Å². The Labute approximate surface area is 148 Å². The molecule has 0 bridgehead atoms. The van der Waals surface area contributed by atoms with Crippen LogP contribution in [0.2, 0.25) is 0 Å². The molecule has 1 aliphatic heterocycles. The van der Waals surface area contributed by atoms with E-state index in [-0.39, 0.29) is 12.5 Å². The monoisotopic (exact) mass is 340 g/mol. The Hall–Kier alpha value is -2.63. The second-order valence-electron chi connectivity index (χ2n) is 6.40. The number of rotatable bonds is 5. The molecular weight excluding hydrogens is 316 g/mol. The third-order valence-corrected chi connectivity index (χ3v) is 4.14. The van der Waals surface area contributed by atoms with Crippen LogP contribution < -0.4 is 15.0 Å². The van der Waals surface area contributed by atoms with Gasteiger partial charge in [-0.3, -0.25) is 4.79 Å². The van der Waals surface area contributed by atoms with Crippen molar-refractivity contribution in [1.82, 2.24) is 9.97 Å². The van der Waals surface area contributed by atoms with Gasteiger partial charge in [-0.25, -0.2) is 4.98 Å². The van der Waals surface area contributed by atoms with Crippen LogP contribution in [-0.4, -0.2) is 35.6 Å². The molecule has 1 aromatic heterocycles. The number of aromatic nitrogens is 2. The predicted molar refractivity (Wildman–Crippen MR) is 98.1 cm³/mol. The Morgan fingerprint density at radius 2 is 1.84 bits per heavy atom. The number of benzene rings is 1. The van der Waals surface area contributed by atoms with Gasteiger partial charge in [-0.1, -0.05) is 17.7 Å². The van der Waals surface area contributed by atoms with Gasteiger partial charge >= 0.3 is 0 Å². The van der Waals surface area contributed by atoms with E-state index in [9.17, 15) is 4.79 Å². The summed E-state index contributed by atoms with van der Waals surface area (Å²) in [6.45, 7) is 5.78. The lowest BCUT2D eigenvalue weighted by atomic mass is 10.1. The summed E-state index contributed by atoms with van der Waals surface area (Å²) in [5.74, 6) is 0.917. The number of piperidine rings is 1. The molecule has 1 aliphatic rings. The summed E-state index contributed by atoms with van der Waals surface area (Å²) in [4.78, 5) is 23.2. The maximum Gasteiger partial charge on any atom is 0.262 e. The standard InChI is InChI=1S/C19H24N4O2/c1-14-6-8-16(9-7-14)21-17(24)13-25-18-12-15(2)20-19(22-18)23-10-4-3-5-11-23/h6-9,12H,3-5,10-11,13H2,1-2H3,(H,21,24). The normalized spacial score (nSPS) is 14.2. The number of anilines is 2. The molecule has 0 saturated carbocycles. The van der Waals surface area contributed by atoms with Crippen LogP contribution in [-0.2, 0) is 4.79 Å². The molecule has 2 heterocycles. The van der Waals surface area contributed by atoms with Crippen LogP contribution in [0.1, 0.15) is 30.5 Å².